The van der Waals surface area contributed by atoms with Crippen LogP contribution in [-0.4, -0.2) is 38.3 Å². The van der Waals surface area contributed by atoms with Crippen molar-refractivity contribution in [3.63, 3.8) is 0 Å². The third kappa shape index (κ3) is 6.04. The second-order valence-corrected chi connectivity index (χ2v) is 6.57. The van der Waals surface area contributed by atoms with E-state index < -0.39 is 15.8 Å². The van der Waals surface area contributed by atoms with Crippen molar-refractivity contribution in [1.29, 1.82) is 0 Å². The molecule has 0 atom stereocenters. The number of nitrogens with one attached hydrogen (secondary N) is 1. The van der Waals surface area contributed by atoms with Crippen LogP contribution in [-0.2, 0) is 14.6 Å². The number of aliphatic carboxylic acids is 1. The lowest BCUT2D eigenvalue weighted by Gasteiger charge is -2.06. The predicted molar refractivity (Wildman–Crippen MR) is 73.2 cm³/mol. The van der Waals surface area contributed by atoms with E-state index in [-0.39, 0.29) is 17.1 Å². The average Bonchev–Trinajstić information content (AvgIpc) is 2.34. The van der Waals surface area contributed by atoms with Crippen molar-refractivity contribution in [2.45, 2.75) is 17.7 Å². The lowest BCUT2D eigenvalue weighted by atomic mass is 10.3. The Morgan fingerprint density at radius 1 is 1.21 bits per heavy atom. The molecule has 1 rings (SSSR count). The van der Waals surface area contributed by atoms with Crippen molar-refractivity contribution in [1.82, 2.24) is 5.32 Å². The van der Waals surface area contributed by atoms with Gasteiger partial charge in [0.2, 0.25) is 0 Å². The van der Waals surface area contributed by atoms with Crippen molar-refractivity contribution < 1.29 is 18.3 Å². The van der Waals surface area contributed by atoms with Crippen molar-refractivity contribution in [3.05, 3.63) is 29.3 Å². The number of carboxylic acid groups (broad SMARTS) is 1. The molecule has 0 aliphatic heterocycles. The summed E-state index contributed by atoms with van der Waals surface area (Å²) in [5.41, 5.74) is 0. The second-order valence-electron chi connectivity index (χ2n) is 4.02. The van der Waals surface area contributed by atoms with Crippen molar-refractivity contribution >= 4 is 27.4 Å². The Labute approximate surface area is 117 Å². The van der Waals surface area contributed by atoms with Crippen molar-refractivity contribution in [3.8, 4) is 0 Å². The molecule has 0 aliphatic carbocycles. The normalized spacial score (nSPS) is 11.4. The zero-order valence-electron chi connectivity index (χ0n) is 10.3. The number of hydrogen-bond acceptors (Lipinski definition) is 4. The lowest BCUT2D eigenvalue weighted by Crippen LogP contribution is -2.24. The van der Waals surface area contributed by atoms with E-state index in [1.807, 2.05) is 0 Å². The molecule has 0 bridgehead atoms. The number of carboxylic acids is 1. The molecule has 1 aromatic carbocycles. The Bertz CT molecular complexity index is 513. The summed E-state index contributed by atoms with van der Waals surface area (Å²) in [6.07, 6.45) is 0.563. The third-order valence-electron chi connectivity index (χ3n) is 2.46. The monoisotopic (exact) mass is 305 g/mol. The summed E-state index contributed by atoms with van der Waals surface area (Å²) in [7, 11) is -3.32. The molecule has 0 fully saturated rings. The fourth-order valence-electron chi connectivity index (χ4n) is 1.46. The maximum atomic E-state index is 11.9. The molecule has 0 spiro atoms. The van der Waals surface area contributed by atoms with Gasteiger partial charge in [-0.25, -0.2) is 8.42 Å². The summed E-state index contributed by atoms with van der Waals surface area (Å²) in [5, 5.41) is 11.8. The number of halogens is 1. The Balaban J connectivity index is 2.35. The molecular formula is C12H16ClNO4S. The number of benzene rings is 1. The zero-order chi connectivity index (χ0) is 14.3. The molecule has 0 saturated carbocycles. The van der Waals surface area contributed by atoms with Gasteiger partial charge >= 0.3 is 5.97 Å². The van der Waals surface area contributed by atoms with Gasteiger partial charge in [-0.3, -0.25) is 4.79 Å². The molecule has 5 nitrogen and oxygen atoms in total. The Kier molecular flexibility index (Phi) is 6.27. The van der Waals surface area contributed by atoms with Crippen LogP contribution in [0.4, 0.5) is 0 Å². The van der Waals surface area contributed by atoms with Crippen molar-refractivity contribution in [2.24, 2.45) is 0 Å². The van der Waals surface area contributed by atoms with Gasteiger partial charge in [0.25, 0.3) is 0 Å². The molecule has 19 heavy (non-hydrogen) atoms. The highest BCUT2D eigenvalue weighted by Crippen LogP contribution is 2.14. The minimum Gasteiger partial charge on any atom is -0.481 e. The minimum atomic E-state index is -3.32. The first kappa shape index (κ1) is 15.9. The fraction of sp³-hybridized carbons (Fsp3) is 0.417. The van der Waals surface area contributed by atoms with Gasteiger partial charge in [-0.05, 0) is 37.2 Å². The Morgan fingerprint density at radius 3 is 2.42 bits per heavy atom. The standard InChI is InChI=1S/C12H16ClNO4S/c13-10-3-5-11(6-4-10)19(17,18)9-8-14-7-1-2-12(15)16/h3-6,14H,1-2,7-9H2,(H,15,16). The van der Waals surface area contributed by atoms with Gasteiger partial charge in [0, 0.05) is 18.0 Å². The summed E-state index contributed by atoms with van der Waals surface area (Å²) >= 11 is 5.69. The van der Waals surface area contributed by atoms with Crippen LogP contribution in [0.1, 0.15) is 12.8 Å². The van der Waals surface area contributed by atoms with E-state index in [0.717, 1.165) is 0 Å². The van der Waals surface area contributed by atoms with Gasteiger partial charge in [0.05, 0.1) is 10.6 Å². The van der Waals surface area contributed by atoms with Crippen LogP contribution in [0.25, 0.3) is 0 Å². The van der Waals surface area contributed by atoms with Crippen LogP contribution in [0.15, 0.2) is 29.2 Å². The van der Waals surface area contributed by atoms with E-state index in [1.165, 1.54) is 24.3 Å². The maximum absolute atomic E-state index is 11.9. The number of rotatable bonds is 8. The summed E-state index contributed by atoms with van der Waals surface area (Å²) in [6, 6.07) is 6.02. The number of hydrogen-bond donors (Lipinski definition) is 2. The lowest BCUT2D eigenvalue weighted by molar-refractivity contribution is -0.137. The second kappa shape index (κ2) is 7.47. The van der Waals surface area contributed by atoms with E-state index in [0.29, 0.717) is 24.5 Å². The molecule has 106 valence electrons. The van der Waals surface area contributed by atoms with Gasteiger partial charge in [-0.15, -0.1) is 0 Å². The van der Waals surface area contributed by atoms with Gasteiger partial charge < -0.3 is 10.4 Å². The molecule has 0 aliphatic rings. The van der Waals surface area contributed by atoms with Gasteiger partial charge in [-0.2, -0.15) is 0 Å². The molecule has 0 radical (unpaired) electrons. The van der Waals surface area contributed by atoms with Crippen LogP contribution in [0.3, 0.4) is 0 Å². The quantitative estimate of drug-likeness (QED) is 0.712. The number of carbonyl (C=O) groups is 1. The molecule has 7 heteroatoms. The van der Waals surface area contributed by atoms with Crippen molar-refractivity contribution in [2.75, 3.05) is 18.8 Å². The first-order valence-electron chi connectivity index (χ1n) is 5.82. The first-order valence-corrected chi connectivity index (χ1v) is 7.86. The van der Waals surface area contributed by atoms with Gasteiger partial charge in [-0.1, -0.05) is 11.6 Å². The average molecular weight is 306 g/mol. The molecule has 0 amide bonds. The largest absolute Gasteiger partial charge is 0.481 e. The number of sulfone groups is 1. The van der Waals surface area contributed by atoms with E-state index >= 15 is 0 Å². The highest BCUT2D eigenvalue weighted by molar-refractivity contribution is 7.91. The topological polar surface area (TPSA) is 83.5 Å². The molecule has 1 aromatic rings. The molecule has 0 saturated heterocycles. The van der Waals surface area contributed by atoms with E-state index in [1.54, 1.807) is 0 Å². The first-order chi connectivity index (χ1) is 8.92. The van der Waals surface area contributed by atoms with E-state index in [4.69, 9.17) is 16.7 Å². The van der Waals surface area contributed by atoms with Crippen LogP contribution in [0.5, 0.6) is 0 Å². The van der Waals surface area contributed by atoms with E-state index in [9.17, 15) is 13.2 Å². The molecule has 0 heterocycles. The predicted octanol–water partition coefficient (Wildman–Crippen LogP) is 1.57. The molecule has 0 unspecified atom stereocenters. The maximum Gasteiger partial charge on any atom is 0.303 e. The molecule has 2 N–H and O–H groups in total. The summed E-state index contributed by atoms with van der Waals surface area (Å²) in [6.45, 7) is 0.785. The summed E-state index contributed by atoms with van der Waals surface area (Å²) in [5.74, 6) is -0.877. The summed E-state index contributed by atoms with van der Waals surface area (Å²) in [4.78, 5) is 10.5. The fourth-order valence-corrected chi connectivity index (χ4v) is 2.78. The van der Waals surface area contributed by atoms with Gasteiger partial charge in [0.1, 0.15) is 0 Å². The molecule has 0 aromatic heterocycles. The van der Waals surface area contributed by atoms with Crippen LogP contribution in [0.2, 0.25) is 5.02 Å². The van der Waals surface area contributed by atoms with Crippen LogP contribution < -0.4 is 5.32 Å². The Morgan fingerprint density at radius 2 is 1.84 bits per heavy atom. The zero-order valence-corrected chi connectivity index (χ0v) is 11.9. The van der Waals surface area contributed by atoms with E-state index in [2.05, 4.69) is 5.32 Å². The van der Waals surface area contributed by atoms with Gasteiger partial charge in [0.15, 0.2) is 9.84 Å². The SMILES string of the molecule is O=C(O)CCCNCCS(=O)(=O)c1ccc(Cl)cc1. The third-order valence-corrected chi connectivity index (χ3v) is 4.45. The highest BCUT2D eigenvalue weighted by atomic mass is 35.5. The Hall–Kier alpha value is -1.11. The summed E-state index contributed by atoms with van der Waals surface area (Å²) < 4.78 is 23.8. The molecular weight excluding hydrogens is 290 g/mol. The van der Waals surface area contributed by atoms with Crippen LogP contribution in [0, 0.1) is 0 Å². The smallest absolute Gasteiger partial charge is 0.303 e. The minimum absolute atomic E-state index is 0.0261. The van der Waals surface area contributed by atoms with Crippen LogP contribution >= 0.6 is 11.6 Å². The highest BCUT2D eigenvalue weighted by Gasteiger charge is 2.13.